The second kappa shape index (κ2) is 6.99. The first-order valence-electron chi connectivity index (χ1n) is 8.04. The Morgan fingerprint density at radius 2 is 1.88 bits per heavy atom. The highest BCUT2D eigenvalue weighted by molar-refractivity contribution is 5.74. The lowest BCUT2D eigenvalue weighted by Crippen LogP contribution is -2.40. The van der Waals surface area contributed by atoms with Crippen molar-refractivity contribution in [2.45, 2.75) is 50.7 Å². The van der Waals surface area contributed by atoms with Gasteiger partial charge in [-0.25, -0.2) is 9.59 Å². The molecule has 136 valence electrons. The van der Waals surface area contributed by atoms with Crippen LogP contribution >= 0.6 is 0 Å². The number of carboxylic acid groups (broad SMARTS) is 1. The maximum Gasteiger partial charge on any atom is 0.407 e. The van der Waals surface area contributed by atoms with Gasteiger partial charge in [-0.15, -0.1) is 0 Å². The van der Waals surface area contributed by atoms with Crippen molar-refractivity contribution < 1.29 is 33.6 Å². The van der Waals surface area contributed by atoms with Crippen molar-refractivity contribution in [1.82, 2.24) is 5.32 Å². The summed E-state index contributed by atoms with van der Waals surface area (Å²) < 4.78 is 21.9. The lowest BCUT2D eigenvalue weighted by molar-refractivity contribution is -0.193. The number of amides is 1. The van der Waals surface area contributed by atoms with Crippen LogP contribution in [0.3, 0.4) is 0 Å². The Kier molecular flexibility index (Phi) is 4.94. The summed E-state index contributed by atoms with van der Waals surface area (Å²) in [5, 5.41) is 11.8. The number of carboxylic acids is 1. The van der Waals surface area contributed by atoms with Crippen molar-refractivity contribution in [3.8, 4) is 0 Å². The molecule has 2 saturated heterocycles. The molecule has 2 heterocycles. The molecule has 25 heavy (non-hydrogen) atoms. The van der Waals surface area contributed by atoms with Gasteiger partial charge in [-0.3, -0.25) is 0 Å². The first kappa shape index (κ1) is 17.7. The Labute approximate surface area is 145 Å². The smallest absolute Gasteiger partial charge is 0.407 e. The SMILES string of the molecule is CC1(C)OC2C(C(=O)O)O[C@H](CNC(=O)OCc3ccccc3)C2O1. The van der Waals surface area contributed by atoms with E-state index in [4.69, 9.17) is 18.9 Å². The molecule has 2 aliphatic heterocycles. The zero-order valence-electron chi connectivity index (χ0n) is 14.0. The third-order valence-corrected chi connectivity index (χ3v) is 4.05. The Morgan fingerprint density at radius 3 is 2.56 bits per heavy atom. The number of alkyl carbamates (subject to hydrolysis) is 1. The van der Waals surface area contributed by atoms with Crippen LogP contribution in [-0.4, -0.2) is 53.9 Å². The number of carbonyl (C=O) groups excluding carboxylic acids is 1. The van der Waals surface area contributed by atoms with E-state index in [9.17, 15) is 14.7 Å². The predicted octanol–water partition coefficient (Wildman–Crippen LogP) is 1.28. The van der Waals surface area contributed by atoms with Crippen LogP contribution in [0.25, 0.3) is 0 Å². The molecule has 8 nitrogen and oxygen atoms in total. The molecular weight excluding hydrogens is 330 g/mol. The lowest BCUT2D eigenvalue weighted by atomic mass is 10.1. The lowest BCUT2D eigenvalue weighted by Gasteiger charge is -2.23. The molecule has 1 aromatic carbocycles. The summed E-state index contributed by atoms with van der Waals surface area (Å²) in [6.07, 6.45) is -3.64. The normalized spacial score (nSPS) is 29.8. The van der Waals surface area contributed by atoms with Gasteiger partial charge in [0.05, 0.1) is 0 Å². The van der Waals surface area contributed by atoms with E-state index in [1.54, 1.807) is 13.8 Å². The minimum Gasteiger partial charge on any atom is -0.479 e. The van der Waals surface area contributed by atoms with Crippen molar-refractivity contribution in [2.24, 2.45) is 0 Å². The highest BCUT2D eigenvalue weighted by Crippen LogP contribution is 2.38. The van der Waals surface area contributed by atoms with Gasteiger partial charge >= 0.3 is 12.1 Å². The first-order valence-corrected chi connectivity index (χ1v) is 8.04. The number of rotatable bonds is 5. The monoisotopic (exact) mass is 351 g/mol. The van der Waals surface area contributed by atoms with Crippen LogP contribution in [0.15, 0.2) is 30.3 Å². The largest absolute Gasteiger partial charge is 0.479 e. The number of carbonyl (C=O) groups is 2. The molecular formula is C17H21NO7. The maximum absolute atomic E-state index is 11.8. The minimum atomic E-state index is -1.13. The fraction of sp³-hybridized carbons (Fsp3) is 0.529. The van der Waals surface area contributed by atoms with Gasteiger partial charge in [0, 0.05) is 6.54 Å². The van der Waals surface area contributed by atoms with E-state index >= 15 is 0 Å². The van der Waals surface area contributed by atoms with Crippen molar-refractivity contribution >= 4 is 12.1 Å². The maximum atomic E-state index is 11.8. The third-order valence-electron chi connectivity index (χ3n) is 4.05. The molecule has 3 rings (SSSR count). The van der Waals surface area contributed by atoms with Crippen LogP contribution in [0.5, 0.6) is 0 Å². The van der Waals surface area contributed by atoms with Crippen molar-refractivity contribution in [1.29, 1.82) is 0 Å². The number of hydrogen-bond acceptors (Lipinski definition) is 6. The zero-order valence-corrected chi connectivity index (χ0v) is 14.0. The average Bonchev–Trinajstić information content (AvgIpc) is 3.05. The van der Waals surface area contributed by atoms with Gasteiger partial charge in [0.1, 0.15) is 24.9 Å². The summed E-state index contributed by atoms with van der Waals surface area (Å²) in [6.45, 7) is 3.64. The van der Waals surface area contributed by atoms with Crippen molar-refractivity contribution in [3.05, 3.63) is 35.9 Å². The number of ether oxygens (including phenoxy) is 4. The van der Waals surface area contributed by atoms with E-state index in [0.29, 0.717) is 0 Å². The molecule has 0 bridgehead atoms. The summed E-state index contributed by atoms with van der Waals surface area (Å²) in [5.41, 5.74) is 0.870. The number of hydrogen-bond donors (Lipinski definition) is 2. The van der Waals surface area contributed by atoms with Gasteiger partial charge in [-0.1, -0.05) is 30.3 Å². The van der Waals surface area contributed by atoms with Crippen molar-refractivity contribution in [3.63, 3.8) is 0 Å². The molecule has 8 heteroatoms. The summed E-state index contributed by atoms with van der Waals surface area (Å²) in [6, 6.07) is 9.28. The number of benzene rings is 1. The Hall–Kier alpha value is -2.16. The molecule has 4 atom stereocenters. The van der Waals surface area contributed by atoms with Crippen LogP contribution < -0.4 is 5.32 Å². The van der Waals surface area contributed by atoms with Crippen LogP contribution in [-0.2, 0) is 30.3 Å². The number of nitrogens with one attached hydrogen (secondary N) is 1. The van der Waals surface area contributed by atoms with Gasteiger partial charge in [-0.05, 0) is 19.4 Å². The number of aliphatic carboxylic acids is 1. The molecule has 0 aromatic heterocycles. The second-order valence-corrected chi connectivity index (χ2v) is 6.44. The highest BCUT2D eigenvalue weighted by atomic mass is 16.8. The van der Waals surface area contributed by atoms with E-state index in [1.807, 2.05) is 30.3 Å². The predicted molar refractivity (Wildman–Crippen MR) is 84.8 cm³/mol. The van der Waals surface area contributed by atoms with Crippen LogP contribution in [0.4, 0.5) is 4.79 Å². The molecule has 3 unspecified atom stereocenters. The van der Waals surface area contributed by atoms with E-state index in [-0.39, 0.29) is 13.2 Å². The highest BCUT2D eigenvalue weighted by Gasteiger charge is 2.57. The summed E-state index contributed by atoms with van der Waals surface area (Å²) in [7, 11) is 0. The molecule has 2 N–H and O–H groups in total. The van der Waals surface area contributed by atoms with Crippen LogP contribution in [0.2, 0.25) is 0 Å². The fourth-order valence-corrected chi connectivity index (χ4v) is 3.00. The topological polar surface area (TPSA) is 103 Å². The van der Waals surface area contributed by atoms with Gasteiger partial charge < -0.3 is 29.4 Å². The molecule has 2 aliphatic rings. The van der Waals surface area contributed by atoms with Gasteiger partial charge in [-0.2, -0.15) is 0 Å². The second-order valence-electron chi connectivity index (χ2n) is 6.44. The van der Waals surface area contributed by atoms with E-state index < -0.39 is 42.3 Å². The van der Waals surface area contributed by atoms with E-state index in [1.165, 1.54) is 0 Å². The van der Waals surface area contributed by atoms with Gasteiger partial charge in [0.15, 0.2) is 11.9 Å². The minimum absolute atomic E-state index is 0.0675. The molecule has 0 spiro atoms. The standard InChI is InChI=1S/C17H21NO7/c1-17(2)24-12-11(23-14(15(19)20)13(12)25-17)8-18-16(21)22-9-10-6-4-3-5-7-10/h3-7,11-14H,8-9H2,1-2H3,(H,18,21)(H,19,20)/t11-,12?,13?,14?/m1/s1. The summed E-state index contributed by atoms with van der Waals surface area (Å²) in [5.74, 6) is -2.01. The van der Waals surface area contributed by atoms with Crippen molar-refractivity contribution in [2.75, 3.05) is 6.54 Å². The van der Waals surface area contributed by atoms with Crippen LogP contribution in [0.1, 0.15) is 19.4 Å². The first-order chi connectivity index (χ1) is 11.9. The Morgan fingerprint density at radius 1 is 1.20 bits per heavy atom. The molecule has 2 fully saturated rings. The summed E-state index contributed by atoms with van der Waals surface area (Å²) in [4.78, 5) is 23.2. The van der Waals surface area contributed by atoms with Gasteiger partial charge in [0.2, 0.25) is 0 Å². The average molecular weight is 351 g/mol. The molecule has 0 saturated carbocycles. The molecule has 0 aliphatic carbocycles. The molecule has 1 aromatic rings. The fourth-order valence-electron chi connectivity index (χ4n) is 3.00. The summed E-state index contributed by atoms with van der Waals surface area (Å²) >= 11 is 0. The van der Waals surface area contributed by atoms with Gasteiger partial charge in [0.25, 0.3) is 0 Å². The Balaban J connectivity index is 1.52. The molecule has 1 amide bonds. The Bertz CT molecular complexity index is 633. The third kappa shape index (κ3) is 4.09. The molecule has 0 radical (unpaired) electrons. The van der Waals surface area contributed by atoms with E-state index in [2.05, 4.69) is 5.32 Å². The number of fused-ring (bicyclic) bond motifs is 1. The quantitative estimate of drug-likeness (QED) is 0.824. The van der Waals surface area contributed by atoms with Crippen LogP contribution in [0, 0.1) is 0 Å². The zero-order chi connectivity index (χ0) is 18.0. The van der Waals surface area contributed by atoms with E-state index in [0.717, 1.165) is 5.56 Å².